The van der Waals surface area contributed by atoms with Crippen LogP contribution in [0.3, 0.4) is 0 Å². The number of hydrogen-bond donors (Lipinski definition) is 1. The maximum Gasteiger partial charge on any atom is 0.409 e. The molecule has 1 saturated carbocycles. The maximum atomic E-state index is 12.4. The second kappa shape index (κ2) is 8.80. The van der Waals surface area contributed by atoms with Gasteiger partial charge in [0.05, 0.1) is 6.61 Å². The Morgan fingerprint density at radius 2 is 1.86 bits per heavy atom. The fraction of sp³-hybridized carbons (Fsp3) is 0.909. The van der Waals surface area contributed by atoms with E-state index in [1.165, 1.54) is 25.7 Å². The molecule has 0 aromatic carbocycles. The Morgan fingerprint density at radius 3 is 2.55 bits per heavy atom. The van der Waals surface area contributed by atoms with Gasteiger partial charge in [-0.2, -0.15) is 0 Å². The van der Waals surface area contributed by atoms with Crippen molar-refractivity contribution in [1.29, 1.82) is 0 Å². The number of nitrogens with zero attached hydrogens (tertiary/aromatic N) is 3. The lowest BCUT2D eigenvalue weighted by Crippen LogP contribution is -2.55. The smallest absolute Gasteiger partial charge is 0.409 e. The van der Waals surface area contributed by atoms with Crippen molar-refractivity contribution >= 4 is 12.0 Å². The number of amides is 2. The number of carbonyl (C=O) groups excluding carboxylic acids is 2. The van der Waals surface area contributed by atoms with Crippen molar-refractivity contribution in [2.45, 2.75) is 70.4 Å². The number of ether oxygens (including phenoxy) is 1. The zero-order chi connectivity index (χ0) is 20.4. The highest BCUT2D eigenvalue weighted by atomic mass is 16.6. The van der Waals surface area contributed by atoms with E-state index in [1.807, 2.05) is 11.8 Å². The van der Waals surface area contributed by atoms with Crippen molar-refractivity contribution in [2.24, 2.45) is 17.1 Å². The quantitative estimate of drug-likeness (QED) is 0.756. The van der Waals surface area contributed by atoms with E-state index in [4.69, 9.17) is 10.5 Å². The van der Waals surface area contributed by atoms with E-state index in [-0.39, 0.29) is 12.0 Å². The summed E-state index contributed by atoms with van der Waals surface area (Å²) in [7, 11) is 0. The number of carbonyl (C=O) groups is 2. The molecule has 7 heteroatoms. The van der Waals surface area contributed by atoms with Gasteiger partial charge in [-0.1, -0.05) is 0 Å². The van der Waals surface area contributed by atoms with Crippen molar-refractivity contribution in [3.8, 4) is 0 Å². The standard InChI is InChI=1S/C22H38N4O3/c1-2-29-21(28)25-13-8-22(16-25)14-18(15-22)24-11-6-17(7-12-24)19-4-3-10-26(19)20(27)5-9-23/h17-19H,2-16,23H2,1H3/t18?,19-,22?/m0/s1. The molecular formula is C22H38N4O3. The van der Waals surface area contributed by atoms with Gasteiger partial charge in [0.2, 0.25) is 5.91 Å². The molecule has 1 spiro atoms. The number of likely N-dealkylation sites (tertiary alicyclic amines) is 3. The van der Waals surface area contributed by atoms with Crippen LogP contribution in [0.15, 0.2) is 0 Å². The SMILES string of the molecule is CCOC(=O)N1CCC2(CC(N3CCC([C@@H]4CCCN4C(=O)CCN)CC3)C2)C1. The van der Waals surface area contributed by atoms with E-state index in [1.54, 1.807) is 0 Å². The van der Waals surface area contributed by atoms with Crippen molar-refractivity contribution < 1.29 is 14.3 Å². The fourth-order valence-electron chi connectivity index (χ4n) is 6.37. The van der Waals surface area contributed by atoms with Crippen LogP contribution in [-0.2, 0) is 9.53 Å². The molecular weight excluding hydrogens is 368 g/mol. The second-order valence-electron chi connectivity index (χ2n) is 9.64. The van der Waals surface area contributed by atoms with Crippen LogP contribution in [-0.4, -0.2) is 84.7 Å². The highest BCUT2D eigenvalue weighted by Gasteiger charge is 2.51. The molecule has 4 fully saturated rings. The van der Waals surface area contributed by atoms with Crippen LogP contribution >= 0.6 is 0 Å². The zero-order valence-corrected chi connectivity index (χ0v) is 18.0. The first-order valence-electron chi connectivity index (χ1n) is 11.7. The highest BCUT2D eigenvalue weighted by Crippen LogP contribution is 2.51. The lowest BCUT2D eigenvalue weighted by molar-refractivity contribution is -0.133. The number of piperidine rings is 1. The normalized spacial score (nSPS) is 33.3. The monoisotopic (exact) mass is 406 g/mol. The molecule has 0 unspecified atom stereocenters. The summed E-state index contributed by atoms with van der Waals surface area (Å²) in [6.45, 7) is 7.73. The topological polar surface area (TPSA) is 79.1 Å². The van der Waals surface area contributed by atoms with Crippen LogP contribution in [0.1, 0.15) is 58.3 Å². The largest absolute Gasteiger partial charge is 0.450 e. The molecule has 2 N–H and O–H groups in total. The molecule has 1 aliphatic carbocycles. The van der Waals surface area contributed by atoms with E-state index in [2.05, 4.69) is 9.80 Å². The minimum Gasteiger partial charge on any atom is -0.450 e. The van der Waals surface area contributed by atoms with Crippen LogP contribution in [0, 0.1) is 11.3 Å². The first-order chi connectivity index (χ1) is 14.0. The summed E-state index contributed by atoms with van der Waals surface area (Å²) in [4.78, 5) is 31.1. The van der Waals surface area contributed by atoms with E-state index in [0.717, 1.165) is 52.0 Å². The van der Waals surface area contributed by atoms with Crippen LogP contribution < -0.4 is 5.73 Å². The van der Waals surface area contributed by atoms with Crippen molar-refractivity contribution in [2.75, 3.05) is 45.9 Å². The van der Waals surface area contributed by atoms with Crippen LogP contribution in [0.5, 0.6) is 0 Å². The maximum absolute atomic E-state index is 12.4. The summed E-state index contributed by atoms with van der Waals surface area (Å²) in [5.41, 5.74) is 5.94. The van der Waals surface area contributed by atoms with E-state index in [9.17, 15) is 9.59 Å². The molecule has 0 aromatic rings. The number of nitrogens with two attached hydrogens (primary N) is 1. The predicted octanol–water partition coefficient (Wildman–Crippen LogP) is 2.05. The molecule has 4 rings (SSSR count). The molecule has 29 heavy (non-hydrogen) atoms. The Hall–Kier alpha value is -1.34. The lowest BCUT2D eigenvalue weighted by Gasteiger charge is -2.52. The molecule has 0 bridgehead atoms. The highest BCUT2D eigenvalue weighted by molar-refractivity contribution is 5.77. The van der Waals surface area contributed by atoms with Crippen LogP contribution in [0.25, 0.3) is 0 Å². The minimum atomic E-state index is -0.140. The third-order valence-corrected chi connectivity index (χ3v) is 7.91. The Labute approximate surface area is 174 Å². The van der Waals surface area contributed by atoms with E-state index in [0.29, 0.717) is 43.0 Å². The predicted molar refractivity (Wildman–Crippen MR) is 111 cm³/mol. The molecule has 0 radical (unpaired) electrons. The van der Waals surface area contributed by atoms with Gasteiger partial charge in [-0.3, -0.25) is 4.79 Å². The first kappa shape index (κ1) is 20.9. The number of rotatable bonds is 5. The Morgan fingerprint density at radius 1 is 1.10 bits per heavy atom. The van der Waals surface area contributed by atoms with Crippen LogP contribution in [0.2, 0.25) is 0 Å². The summed E-state index contributed by atoms with van der Waals surface area (Å²) in [6, 6.07) is 1.12. The Balaban J connectivity index is 1.22. The van der Waals surface area contributed by atoms with Crippen molar-refractivity contribution in [3.63, 3.8) is 0 Å². The van der Waals surface area contributed by atoms with E-state index < -0.39 is 0 Å². The molecule has 1 atom stereocenters. The van der Waals surface area contributed by atoms with Gasteiger partial charge >= 0.3 is 6.09 Å². The first-order valence-corrected chi connectivity index (χ1v) is 11.7. The molecule has 7 nitrogen and oxygen atoms in total. The van der Waals surface area contributed by atoms with Crippen molar-refractivity contribution in [1.82, 2.24) is 14.7 Å². The Bertz CT molecular complexity index is 599. The zero-order valence-electron chi connectivity index (χ0n) is 18.0. The lowest BCUT2D eigenvalue weighted by atomic mass is 9.64. The van der Waals surface area contributed by atoms with Gasteiger partial charge in [0, 0.05) is 44.7 Å². The van der Waals surface area contributed by atoms with Gasteiger partial charge in [0.25, 0.3) is 0 Å². The third kappa shape index (κ3) is 4.26. The third-order valence-electron chi connectivity index (χ3n) is 7.91. The second-order valence-corrected chi connectivity index (χ2v) is 9.64. The van der Waals surface area contributed by atoms with Gasteiger partial charge < -0.3 is 25.2 Å². The summed E-state index contributed by atoms with van der Waals surface area (Å²) in [6.07, 6.45) is 8.63. The average molecular weight is 407 g/mol. The number of hydrogen-bond acceptors (Lipinski definition) is 5. The molecule has 2 amide bonds. The summed E-state index contributed by atoms with van der Waals surface area (Å²) in [5, 5.41) is 0. The van der Waals surface area contributed by atoms with Gasteiger partial charge in [-0.25, -0.2) is 4.79 Å². The van der Waals surface area contributed by atoms with Gasteiger partial charge in [-0.05, 0) is 76.3 Å². The van der Waals surface area contributed by atoms with Gasteiger partial charge in [0.1, 0.15) is 0 Å². The summed E-state index contributed by atoms with van der Waals surface area (Å²) in [5.74, 6) is 0.904. The fourth-order valence-corrected chi connectivity index (χ4v) is 6.37. The minimum absolute atomic E-state index is 0.140. The molecule has 164 valence electrons. The van der Waals surface area contributed by atoms with Gasteiger partial charge in [0.15, 0.2) is 0 Å². The molecule has 0 aromatic heterocycles. The van der Waals surface area contributed by atoms with Crippen molar-refractivity contribution in [3.05, 3.63) is 0 Å². The summed E-state index contributed by atoms with van der Waals surface area (Å²) < 4.78 is 5.17. The van der Waals surface area contributed by atoms with Gasteiger partial charge in [-0.15, -0.1) is 0 Å². The summed E-state index contributed by atoms with van der Waals surface area (Å²) >= 11 is 0. The molecule has 3 aliphatic heterocycles. The average Bonchev–Trinajstić information content (AvgIpc) is 3.35. The van der Waals surface area contributed by atoms with E-state index >= 15 is 0 Å². The molecule has 3 saturated heterocycles. The molecule has 3 heterocycles. The Kier molecular flexibility index (Phi) is 6.35. The van der Waals surface area contributed by atoms with Crippen LogP contribution in [0.4, 0.5) is 4.79 Å². The molecule has 4 aliphatic rings.